The Morgan fingerprint density at radius 2 is 1.61 bits per heavy atom. The fourth-order valence-electron chi connectivity index (χ4n) is 4.30. The molecule has 7 nitrogen and oxygen atoms in total. The van der Waals surface area contributed by atoms with E-state index in [1.54, 1.807) is 30.3 Å². The van der Waals surface area contributed by atoms with E-state index in [0.717, 1.165) is 37.7 Å². The molecule has 1 aliphatic heterocycles. The van der Waals surface area contributed by atoms with Gasteiger partial charge in [0.25, 0.3) is 17.7 Å². The molecule has 2 aliphatic rings. The highest BCUT2D eigenvalue weighted by atomic mass is 16.2. The molecule has 0 radical (unpaired) electrons. The van der Waals surface area contributed by atoms with Crippen LogP contribution in [0.5, 0.6) is 0 Å². The maximum Gasteiger partial charge on any atom is 0.261 e. The van der Waals surface area contributed by atoms with Gasteiger partial charge in [-0.05, 0) is 55.7 Å². The van der Waals surface area contributed by atoms with Gasteiger partial charge in [0.15, 0.2) is 0 Å². The predicted octanol–water partition coefficient (Wildman–Crippen LogP) is 4.13. The number of amides is 4. The Balaban J connectivity index is 1.54. The number of rotatable bonds is 4. The molecule has 0 unspecified atom stereocenters. The minimum atomic E-state index is -0.392. The van der Waals surface area contributed by atoms with E-state index >= 15 is 0 Å². The maximum atomic E-state index is 13.0. The minimum Gasteiger partial charge on any atom is -0.326 e. The van der Waals surface area contributed by atoms with Gasteiger partial charge in [0.05, 0.1) is 11.1 Å². The smallest absolute Gasteiger partial charge is 0.261 e. The van der Waals surface area contributed by atoms with Crippen molar-refractivity contribution in [3.05, 3.63) is 58.7 Å². The highest BCUT2D eigenvalue weighted by Crippen LogP contribution is 2.31. The Kier molecular flexibility index (Phi) is 5.59. The highest BCUT2D eigenvalue weighted by Gasteiger charge is 2.40. The van der Waals surface area contributed by atoms with Gasteiger partial charge in [0.1, 0.15) is 0 Å². The van der Waals surface area contributed by atoms with Crippen LogP contribution in [0, 0.1) is 6.92 Å². The van der Waals surface area contributed by atoms with E-state index < -0.39 is 5.91 Å². The van der Waals surface area contributed by atoms with Crippen molar-refractivity contribution < 1.29 is 19.2 Å². The van der Waals surface area contributed by atoms with Crippen LogP contribution >= 0.6 is 0 Å². The normalized spacial score (nSPS) is 16.3. The monoisotopic (exact) mass is 419 g/mol. The second-order valence-corrected chi connectivity index (χ2v) is 8.20. The van der Waals surface area contributed by atoms with Gasteiger partial charge in [-0.3, -0.25) is 24.1 Å². The molecule has 7 heteroatoms. The Bertz CT molecular complexity index is 1090. The number of benzene rings is 2. The lowest BCUT2D eigenvalue weighted by molar-refractivity contribution is -0.114. The highest BCUT2D eigenvalue weighted by molar-refractivity contribution is 6.22. The Morgan fingerprint density at radius 1 is 0.903 bits per heavy atom. The molecule has 160 valence electrons. The summed E-state index contributed by atoms with van der Waals surface area (Å²) in [5.41, 5.74) is 2.94. The quantitative estimate of drug-likeness (QED) is 0.728. The molecule has 4 amide bonds. The zero-order valence-corrected chi connectivity index (χ0v) is 17.7. The van der Waals surface area contributed by atoms with Crippen LogP contribution in [0.4, 0.5) is 11.4 Å². The fourth-order valence-corrected chi connectivity index (χ4v) is 4.30. The number of hydrogen-bond donors (Lipinski definition) is 2. The Hall–Kier alpha value is -3.48. The molecule has 1 saturated carbocycles. The number of hydrogen-bond acceptors (Lipinski definition) is 4. The van der Waals surface area contributed by atoms with Gasteiger partial charge in [-0.15, -0.1) is 0 Å². The molecule has 0 spiro atoms. The number of nitrogens with one attached hydrogen (secondary N) is 2. The average molecular weight is 419 g/mol. The molecule has 2 aromatic rings. The van der Waals surface area contributed by atoms with E-state index in [1.165, 1.54) is 17.9 Å². The first kappa shape index (κ1) is 20.8. The molecule has 4 rings (SSSR count). The zero-order valence-electron chi connectivity index (χ0n) is 17.7. The summed E-state index contributed by atoms with van der Waals surface area (Å²) in [6.07, 6.45) is 4.84. The van der Waals surface area contributed by atoms with Gasteiger partial charge in [-0.25, -0.2) is 0 Å². The fraction of sp³-hybridized carbons (Fsp3) is 0.333. The van der Waals surface area contributed by atoms with Gasteiger partial charge in [-0.2, -0.15) is 0 Å². The molecule has 0 bridgehead atoms. The summed E-state index contributed by atoms with van der Waals surface area (Å²) in [4.78, 5) is 51.3. The molecule has 2 aromatic carbocycles. The molecule has 1 aliphatic carbocycles. The first-order valence-corrected chi connectivity index (χ1v) is 10.6. The van der Waals surface area contributed by atoms with Crippen LogP contribution in [0.1, 0.15) is 75.7 Å². The lowest BCUT2D eigenvalue weighted by Crippen LogP contribution is -2.40. The van der Waals surface area contributed by atoms with E-state index in [2.05, 4.69) is 10.6 Å². The molecule has 1 fully saturated rings. The second-order valence-electron chi connectivity index (χ2n) is 8.20. The summed E-state index contributed by atoms with van der Waals surface area (Å²) in [5, 5.41) is 5.52. The maximum absolute atomic E-state index is 13.0. The SMILES string of the molecule is CC(=O)Nc1cc(NC(=O)c2ccc3c(c2)C(=O)N(C2CCCCC2)C3=O)ccc1C. The lowest BCUT2D eigenvalue weighted by atomic mass is 9.94. The minimum absolute atomic E-state index is 0.0572. The van der Waals surface area contributed by atoms with Crippen molar-refractivity contribution >= 4 is 35.0 Å². The van der Waals surface area contributed by atoms with Crippen LogP contribution in [-0.2, 0) is 4.79 Å². The second kappa shape index (κ2) is 8.34. The molecule has 31 heavy (non-hydrogen) atoms. The van der Waals surface area contributed by atoms with Crippen molar-refractivity contribution in [3.8, 4) is 0 Å². The van der Waals surface area contributed by atoms with Crippen molar-refractivity contribution in [2.45, 2.75) is 52.0 Å². The van der Waals surface area contributed by atoms with Crippen molar-refractivity contribution in [1.82, 2.24) is 4.90 Å². The lowest BCUT2D eigenvalue weighted by Gasteiger charge is -2.29. The Morgan fingerprint density at radius 3 is 2.32 bits per heavy atom. The van der Waals surface area contributed by atoms with Gasteiger partial charge in [0.2, 0.25) is 5.91 Å². The van der Waals surface area contributed by atoms with Gasteiger partial charge < -0.3 is 10.6 Å². The molecule has 0 atom stereocenters. The van der Waals surface area contributed by atoms with Gasteiger partial charge >= 0.3 is 0 Å². The molecule has 0 aromatic heterocycles. The van der Waals surface area contributed by atoms with Crippen LogP contribution < -0.4 is 10.6 Å². The van der Waals surface area contributed by atoms with Crippen LogP contribution in [-0.4, -0.2) is 34.6 Å². The summed E-state index contributed by atoms with van der Waals surface area (Å²) in [6, 6.07) is 9.79. The average Bonchev–Trinajstić information content (AvgIpc) is 3.00. The van der Waals surface area contributed by atoms with E-state index in [-0.39, 0.29) is 29.3 Å². The third-order valence-electron chi connectivity index (χ3n) is 5.93. The molecular weight excluding hydrogens is 394 g/mol. The molecule has 2 N–H and O–H groups in total. The van der Waals surface area contributed by atoms with Gasteiger partial charge in [0, 0.05) is 29.9 Å². The molecular formula is C24H25N3O4. The molecule has 0 saturated heterocycles. The van der Waals surface area contributed by atoms with Gasteiger partial charge in [-0.1, -0.05) is 25.3 Å². The number of carbonyl (C=O) groups excluding carboxylic acids is 4. The van der Waals surface area contributed by atoms with Crippen LogP contribution in [0.3, 0.4) is 0 Å². The summed E-state index contributed by atoms with van der Waals surface area (Å²) < 4.78 is 0. The third kappa shape index (κ3) is 4.08. The van der Waals surface area contributed by atoms with E-state index in [0.29, 0.717) is 22.5 Å². The van der Waals surface area contributed by atoms with Crippen molar-refractivity contribution in [2.24, 2.45) is 0 Å². The zero-order chi connectivity index (χ0) is 22.1. The van der Waals surface area contributed by atoms with Crippen molar-refractivity contribution in [2.75, 3.05) is 10.6 Å². The van der Waals surface area contributed by atoms with Crippen LogP contribution in [0.15, 0.2) is 36.4 Å². The largest absolute Gasteiger partial charge is 0.326 e. The van der Waals surface area contributed by atoms with Crippen LogP contribution in [0.25, 0.3) is 0 Å². The van der Waals surface area contributed by atoms with E-state index in [9.17, 15) is 19.2 Å². The van der Waals surface area contributed by atoms with Crippen LogP contribution in [0.2, 0.25) is 0 Å². The first-order valence-electron chi connectivity index (χ1n) is 10.6. The number of carbonyl (C=O) groups is 4. The Labute approximate surface area is 180 Å². The summed E-state index contributed by atoms with van der Waals surface area (Å²) in [5.74, 6) is -1.17. The molecule has 1 heterocycles. The number of anilines is 2. The first-order chi connectivity index (χ1) is 14.8. The van der Waals surface area contributed by atoms with Crippen molar-refractivity contribution in [1.29, 1.82) is 0 Å². The topological polar surface area (TPSA) is 95.6 Å². The standard InChI is InChI=1S/C24H25N3O4/c1-14-8-10-17(13-21(14)25-15(2)28)26-22(29)16-9-11-19-20(12-16)24(31)27(23(19)30)18-6-4-3-5-7-18/h8-13,18H,3-7H2,1-2H3,(H,25,28)(H,26,29). The number of fused-ring (bicyclic) bond motifs is 1. The van der Waals surface area contributed by atoms with Crippen molar-refractivity contribution in [3.63, 3.8) is 0 Å². The summed E-state index contributed by atoms with van der Waals surface area (Å²) in [6.45, 7) is 3.28. The number of aryl methyl sites for hydroxylation is 1. The summed E-state index contributed by atoms with van der Waals surface area (Å²) in [7, 11) is 0. The number of nitrogens with zero attached hydrogens (tertiary/aromatic N) is 1. The third-order valence-corrected chi connectivity index (χ3v) is 5.93. The summed E-state index contributed by atoms with van der Waals surface area (Å²) >= 11 is 0. The predicted molar refractivity (Wildman–Crippen MR) is 117 cm³/mol. The van der Waals surface area contributed by atoms with E-state index in [4.69, 9.17) is 0 Å². The number of imide groups is 1. The van der Waals surface area contributed by atoms with E-state index in [1.807, 2.05) is 6.92 Å².